The standard InChI is InChI=1S/C21H20ClNO4S2/c1-3-25-17-12-14(13-18-20(24)23(2)21(28)29-18)11-16(22)19(17)27-10-9-26-15-7-5-4-6-8-15/h4-8,11-13H,3,9-10H2,1-2H3/b18-13+. The van der Waals surface area contributed by atoms with E-state index in [1.165, 1.54) is 16.7 Å². The fourth-order valence-corrected chi connectivity index (χ4v) is 4.04. The monoisotopic (exact) mass is 449 g/mol. The molecule has 3 rings (SSSR count). The van der Waals surface area contributed by atoms with Crippen LogP contribution in [-0.2, 0) is 4.79 Å². The van der Waals surface area contributed by atoms with Crippen LogP contribution in [0.25, 0.3) is 6.08 Å². The summed E-state index contributed by atoms with van der Waals surface area (Å²) in [6.45, 7) is 3.01. The minimum atomic E-state index is -0.132. The lowest BCUT2D eigenvalue weighted by atomic mass is 10.1. The summed E-state index contributed by atoms with van der Waals surface area (Å²) in [6.07, 6.45) is 1.75. The molecule has 8 heteroatoms. The predicted octanol–water partition coefficient (Wildman–Crippen LogP) is 5.03. The van der Waals surface area contributed by atoms with Crippen molar-refractivity contribution < 1.29 is 19.0 Å². The van der Waals surface area contributed by atoms with Gasteiger partial charge in [0.25, 0.3) is 5.91 Å². The van der Waals surface area contributed by atoms with Gasteiger partial charge in [-0.05, 0) is 42.8 Å². The largest absolute Gasteiger partial charge is 0.490 e. The first-order valence-electron chi connectivity index (χ1n) is 8.98. The number of nitrogens with zero attached hydrogens (tertiary/aromatic N) is 1. The molecule has 0 unspecified atom stereocenters. The number of hydrogen-bond donors (Lipinski definition) is 0. The summed E-state index contributed by atoms with van der Waals surface area (Å²) in [7, 11) is 1.66. The van der Waals surface area contributed by atoms with Gasteiger partial charge in [0.2, 0.25) is 0 Å². The third kappa shape index (κ3) is 5.44. The van der Waals surface area contributed by atoms with Gasteiger partial charge < -0.3 is 14.2 Å². The van der Waals surface area contributed by atoms with E-state index in [1.54, 1.807) is 25.3 Å². The van der Waals surface area contributed by atoms with E-state index in [0.717, 1.165) is 11.3 Å². The van der Waals surface area contributed by atoms with Crippen LogP contribution in [0.4, 0.5) is 0 Å². The molecule has 2 aromatic carbocycles. The van der Waals surface area contributed by atoms with Crippen molar-refractivity contribution in [3.63, 3.8) is 0 Å². The van der Waals surface area contributed by atoms with E-state index >= 15 is 0 Å². The number of hydrogen-bond acceptors (Lipinski definition) is 6. The SMILES string of the molecule is CCOc1cc(/C=C2/SC(=S)N(C)C2=O)cc(Cl)c1OCCOc1ccccc1. The fraction of sp³-hybridized carbons (Fsp3) is 0.238. The Kier molecular flexibility index (Phi) is 7.41. The summed E-state index contributed by atoms with van der Waals surface area (Å²) in [5.41, 5.74) is 0.736. The molecule has 0 radical (unpaired) electrons. The fourth-order valence-electron chi connectivity index (χ4n) is 2.59. The van der Waals surface area contributed by atoms with Gasteiger partial charge in [-0.15, -0.1) is 0 Å². The molecular formula is C21H20ClNO4S2. The Labute approximate surface area is 184 Å². The first kappa shape index (κ1) is 21.5. The number of thiocarbonyl (C=S) groups is 1. The number of benzene rings is 2. The van der Waals surface area contributed by atoms with Gasteiger partial charge in [0, 0.05) is 7.05 Å². The molecule has 1 fully saturated rings. The minimum Gasteiger partial charge on any atom is -0.490 e. The van der Waals surface area contributed by atoms with Gasteiger partial charge in [-0.1, -0.05) is 53.8 Å². The molecule has 0 atom stereocenters. The quantitative estimate of drug-likeness (QED) is 0.320. The summed E-state index contributed by atoms with van der Waals surface area (Å²) >= 11 is 12.9. The van der Waals surface area contributed by atoms with E-state index in [4.69, 9.17) is 38.0 Å². The molecule has 1 aliphatic heterocycles. The van der Waals surface area contributed by atoms with Crippen molar-refractivity contribution in [2.75, 3.05) is 26.9 Å². The maximum absolute atomic E-state index is 12.2. The molecule has 1 aliphatic rings. The Morgan fingerprint density at radius 3 is 2.52 bits per heavy atom. The van der Waals surface area contributed by atoms with Crippen LogP contribution in [0.1, 0.15) is 12.5 Å². The number of carbonyl (C=O) groups excluding carboxylic acids is 1. The molecule has 1 heterocycles. The zero-order valence-corrected chi connectivity index (χ0v) is 18.4. The van der Waals surface area contributed by atoms with Crippen LogP contribution >= 0.6 is 35.6 Å². The highest BCUT2D eigenvalue weighted by molar-refractivity contribution is 8.26. The Balaban J connectivity index is 1.72. The van der Waals surface area contributed by atoms with Gasteiger partial charge >= 0.3 is 0 Å². The molecule has 2 aromatic rings. The van der Waals surface area contributed by atoms with E-state index in [2.05, 4.69) is 0 Å². The summed E-state index contributed by atoms with van der Waals surface area (Å²) < 4.78 is 17.7. The topological polar surface area (TPSA) is 48.0 Å². The number of ether oxygens (including phenoxy) is 3. The van der Waals surface area contributed by atoms with Gasteiger partial charge in [-0.2, -0.15) is 0 Å². The van der Waals surface area contributed by atoms with E-state index in [1.807, 2.05) is 37.3 Å². The van der Waals surface area contributed by atoms with Gasteiger partial charge in [0.1, 0.15) is 23.3 Å². The Hall–Kier alpha value is -2.22. The number of para-hydroxylation sites is 1. The number of carbonyl (C=O) groups is 1. The molecule has 5 nitrogen and oxygen atoms in total. The average molecular weight is 450 g/mol. The average Bonchev–Trinajstić information content (AvgIpc) is 2.94. The van der Waals surface area contributed by atoms with E-state index in [-0.39, 0.29) is 5.91 Å². The first-order valence-corrected chi connectivity index (χ1v) is 10.6. The van der Waals surface area contributed by atoms with Crippen LogP contribution < -0.4 is 14.2 Å². The maximum atomic E-state index is 12.2. The van der Waals surface area contributed by atoms with E-state index in [9.17, 15) is 4.79 Å². The van der Waals surface area contributed by atoms with Crippen LogP contribution in [0, 0.1) is 0 Å². The highest BCUT2D eigenvalue weighted by Crippen LogP contribution is 2.39. The smallest absolute Gasteiger partial charge is 0.265 e. The van der Waals surface area contributed by atoms with Gasteiger partial charge in [0.05, 0.1) is 16.5 Å². The molecule has 0 saturated carbocycles. The summed E-state index contributed by atoms with van der Waals surface area (Å²) in [6, 6.07) is 13.0. The van der Waals surface area contributed by atoms with Crippen LogP contribution in [0.15, 0.2) is 47.4 Å². The van der Waals surface area contributed by atoms with Crippen molar-refractivity contribution in [1.82, 2.24) is 4.90 Å². The van der Waals surface area contributed by atoms with Crippen molar-refractivity contribution in [1.29, 1.82) is 0 Å². The molecule has 0 N–H and O–H groups in total. The minimum absolute atomic E-state index is 0.132. The van der Waals surface area contributed by atoms with E-state index < -0.39 is 0 Å². The molecule has 0 bridgehead atoms. The maximum Gasteiger partial charge on any atom is 0.265 e. The Bertz CT molecular complexity index is 934. The van der Waals surface area contributed by atoms with Gasteiger partial charge in [0.15, 0.2) is 11.5 Å². The normalized spacial score (nSPS) is 15.1. The number of amides is 1. The predicted molar refractivity (Wildman–Crippen MR) is 121 cm³/mol. The summed E-state index contributed by atoms with van der Waals surface area (Å²) in [5.74, 6) is 1.60. The second-order valence-corrected chi connectivity index (χ2v) is 8.10. The zero-order valence-electron chi connectivity index (χ0n) is 16.0. The summed E-state index contributed by atoms with van der Waals surface area (Å²) in [5, 5.41) is 0.397. The van der Waals surface area contributed by atoms with Crippen molar-refractivity contribution in [2.24, 2.45) is 0 Å². The Morgan fingerprint density at radius 2 is 1.86 bits per heavy atom. The number of likely N-dealkylation sites (N-methyl/N-ethyl adjacent to an activating group) is 1. The number of halogens is 1. The lowest BCUT2D eigenvalue weighted by Crippen LogP contribution is -2.22. The number of rotatable bonds is 8. The van der Waals surface area contributed by atoms with Crippen molar-refractivity contribution in [3.8, 4) is 17.2 Å². The summed E-state index contributed by atoms with van der Waals surface area (Å²) in [4.78, 5) is 14.2. The van der Waals surface area contributed by atoms with Crippen molar-refractivity contribution >= 4 is 51.9 Å². The van der Waals surface area contributed by atoms with E-state index in [0.29, 0.717) is 45.6 Å². The molecule has 1 saturated heterocycles. The molecular weight excluding hydrogens is 430 g/mol. The second-order valence-electron chi connectivity index (χ2n) is 6.01. The van der Waals surface area contributed by atoms with Crippen molar-refractivity contribution in [2.45, 2.75) is 6.92 Å². The highest BCUT2D eigenvalue weighted by atomic mass is 35.5. The molecule has 0 aliphatic carbocycles. The van der Waals surface area contributed by atoms with Crippen molar-refractivity contribution in [3.05, 3.63) is 58.0 Å². The second kappa shape index (κ2) is 10.0. The van der Waals surface area contributed by atoms with Crippen LogP contribution in [0.3, 0.4) is 0 Å². The number of thioether (sulfide) groups is 1. The lowest BCUT2D eigenvalue weighted by Gasteiger charge is -2.15. The molecule has 152 valence electrons. The van der Waals surface area contributed by atoms with Crippen LogP contribution in [0.5, 0.6) is 17.2 Å². The van der Waals surface area contributed by atoms with Crippen LogP contribution in [-0.4, -0.2) is 42.0 Å². The zero-order chi connectivity index (χ0) is 20.8. The van der Waals surface area contributed by atoms with Gasteiger partial charge in [-0.3, -0.25) is 9.69 Å². The van der Waals surface area contributed by atoms with Gasteiger partial charge in [-0.25, -0.2) is 0 Å². The highest BCUT2D eigenvalue weighted by Gasteiger charge is 2.28. The first-order chi connectivity index (χ1) is 14.0. The lowest BCUT2D eigenvalue weighted by molar-refractivity contribution is -0.121. The molecule has 0 spiro atoms. The third-order valence-corrected chi connectivity index (χ3v) is 5.72. The molecule has 29 heavy (non-hydrogen) atoms. The molecule has 0 aromatic heterocycles. The Morgan fingerprint density at radius 1 is 1.14 bits per heavy atom. The van der Waals surface area contributed by atoms with Crippen LogP contribution in [0.2, 0.25) is 5.02 Å². The third-order valence-electron chi connectivity index (χ3n) is 3.96. The molecule has 1 amide bonds.